The summed E-state index contributed by atoms with van der Waals surface area (Å²) in [5, 5.41) is 0. The van der Waals surface area contributed by atoms with Crippen LogP contribution in [0, 0.1) is 5.92 Å². The Balaban J connectivity index is 0.000000320. The molecule has 2 bridgehead atoms. The van der Waals surface area contributed by atoms with E-state index in [4.69, 9.17) is 0 Å². The molecule has 1 saturated carbocycles. The van der Waals surface area contributed by atoms with Gasteiger partial charge in [-0.2, -0.15) is 0 Å². The molecule has 0 aromatic carbocycles. The summed E-state index contributed by atoms with van der Waals surface area (Å²) >= 11 is 0. The number of fused-ring (bicyclic) bond motifs is 2. The molecule has 38 valence electrons. The van der Waals surface area contributed by atoms with Crippen LogP contribution < -0.4 is 18.9 Å². The van der Waals surface area contributed by atoms with Crippen LogP contribution in [0.4, 0.5) is 0 Å². The third-order valence-electron chi connectivity index (χ3n) is 2.16. The Labute approximate surface area is 62.5 Å². The van der Waals surface area contributed by atoms with E-state index < -0.39 is 0 Å². The van der Waals surface area contributed by atoms with E-state index in [-0.39, 0.29) is 18.9 Å². The molecule has 0 nitrogen and oxygen atoms in total. The summed E-state index contributed by atoms with van der Waals surface area (Å²) in [7, 11) is 0. The van der Waals surface area contributed by atoms with Crippen molar-refractivity contribution in [2.75, 3.05) is 0 Å². The maximum absolute atomic E-state index is 2.42. The Morgan fingerprint density at radius 2 is 2.38 bits per heavy atom. The molecule has 0 saturated heterocycles. The standard InChI is InChI=1S/C7H10.Li/c1-2-7-4-3-6(1)5-7;/h1,7H,2-5H2;/q;+1. The van der Waals surface area contributed by atoms with Crippen LogP contribution in [0.25, 0.3) is 0 Å². The van der Waals surface area contributed by atoms with Gasteiger partial charge in [-0.25, -0.2) is 0 Å². The van der Waals surface area contributed by atoms with Gasteiger partial charge >= 0.3 is 18.9 Å². The van der Waals surface area contributed by atoms with Crippen molar-refractivity contribution in [1.82, 2.24) is 0 Å². The first-order valence-electron chi connectivity index (χ1n) is 3.13. The maximum atomic E-state index is 2.42. The van der Waals surface area contributed by atoms with Crippen molar-refractivity contribution in [3.05, 3.63) is 11.6 Å². The van der Waals surface area contributed by atoms with Crippen LogP contribution in [0.3, 0.4) is 0 Å². The Hall–Kier alpha value is 0.337. The van der Waals surface area contributed by atoms with Gasteiger partial charge in [0.25, 0.3) is 0 Å². The van der Waals surface area contributed by atoms with Gasteiger partial charge in [0.1, 0.15) is 0 Å². The van der Waals surface area contributed by atoms with Gasteiger partial charge in [-0.15, -0.1) is 0 Å². The summed E-state index contributed by atoms with van der Waals surface area (Å²) in [4.78, 5) is 0. The van der Waals surface area contributed by atoms with Crippen molar-refractivity contribution in [3.8, 4) is 0 Å². The molecule has 1 unspecified atom stereocenters. The van der Waals surface area contributed by atoms with Gasteiger partial charge in [-0.05, 0) is 31.6 Å². The molecule has 0 aliphatic heterocycles. The quantitative estimate of drug-likeness (QED) is 0.274. The minimum atomic E-state index is 0. The minimum Gasteiger partial charge on any atom is -0.0850 e. The summed E-state index contributed by atoms with van der Waals surface area (Å²) in [5.74, 6) is 1.08. The van der Waals surface area contributed by atoms with Crippen molar-refractivity contribution in [2.45, 2.75) is 25.7 Å². The predicted molar refractivity (Wildman–Crippen MR) is 30.0 cm³/mol. The van der Waals surface area contributed by atoms with Crippen LogP contribution >= 0.6 is 0 Å². The normalized spacial score (nSPS) is 32.0. The molecule has 0 radical (unpaired) electrons. The molecule has 0 aromatic heterocycles. The largest absolute Gasteiger partial charge is 1.00 e. The molecule has 1 atom stereocenters. The van der Waals surface area contributed by atoms with Crippen LogP contribution in [0.2, 0.25) is 0 Å². The zero-order valence-electron chi connectivity index (χ0n) is 5.48. The fraction of sp³-hybridized carbons (Fsp3) is 0.714. The fourth-order valence-electron chi connectivity index (χ4n) is 1.68. The summed E-state index contributed by atoms with van der Waals surface area (Å²) < 4.78 is 0. The van der Waals surface area contributed by atoms with Gasteiger partial charge in [-0.3, -0.25) is 0 Å². The monoisotopic (exact) mass is 101 g/mol. The Bertz CT molecular complexity index is 116. The second-order valence-electron chi connectivity index (χ2n) is 2.71. The molecular weight excluding hydrogens is 91.0 g/mol. The minimum absolute atomic E-state index is 0. The molecule has 1 heteroatoms. The number of hydrogen-bond donors (Lipinski definition) is 0. The molecule has 1 fully saturated rings. The van der Waals surface area contributed by atoms with Gasteiger partial charge in [0.2, 0.25) is 0 Å². The van der Waals surface area contributed by atoms with Gasteiger partial charge in [0, 0.05) is 0 Å². The van der Waals surface area contributed by atoms with E-state index in [9.17, 15) is 0 Å². The first kappa shape index (κ1) is 6.46. The van der Waals surface area contributed by atoms with Crippen LogP contribution in [0.15, 0.2) is 11.6 Å². The third kappa shape index (κ3) is 0.878. The van der Waals surface area contributed by atoms with E-state index in [1.807, 2.05) is 0 Å². The predicted octanol–water partition coefficient (Wildman–Crippen LogP) is -0.879. The van der Waals surface area contributed by atoms with Gasteiger partial charge < -0.3 is 0 Å². The molecular formula is C7H10Li+. The van der Waals surface area contributed by atoms with Gasteiger partial charge in [-0.1, -0.05) is 11.6 Å². The number of allylic oxidation sites excluding steroid dienone is 2. The van der Waals surface area contributed by atoms with Crippen LogP contribution in [-0.2, 0) is 0 Å². The summed E-state index contributed by atoms with van der Waals surface area (Å²) in [6.07, 6.45) is 8.18. The SMILES string of the molecule is C1=C2CCC(C1)C2.[Li+]. The fourth-order valence-corrected chi connectivity index (χ4v) is 1.68. The second-order valence-corrected chi connectivity index (χ2v) is 2.71. The van der Waals surface area contributed by atoms with E-state index in [2.05, 4.69) is 6.08 Å². The van der Waals surface area contributed by atoms with E-state index in [1.165, 1.54) is 25.7 Å². The Morgan fingerprint density at radius 1 is 1.50 bits per heavy atom. The van der Waals surface area contributed by atoms with Gasteiger partial charge in [0.05, 0.1) is 0 Å². The summed E-state index contributed by atoms with van der Waals surface area (Å²) in [5.41, 5.74) is 1.74. The topological polar surface area (TPSA) is 0 Å². The first-order valence-corrected chi connectivity index (χ1v) is 3.13. The smallest absolute Gasteiger partial charge is 0.0850 e. The van der Waals surface area contributed by atoms with Crippen LogP contribution in [0.5, 0.6) is 0 Å². The van der Waals surface area contributed by atoms with Crippen LogP contribution in [0.1, 0.15) is 25.7 Å². The zero-order chi connectivity index (χ0) is 4.69. The summed E-state index contributed by atoms with van der Waals surface area (Å²) in [6, 6.07) is 0. The molecule has 2 aliphatic carbocycles. The van der Waals surface area contributed by atoms with Crippen molar-refractivity contribution in [1.29, 1.82) is 0 Å². The molecule has 2 aliphatic rings. The van der Waals surface area contributed by atoms with Gasteiger partial charge in [0.15, 0.2) is 0 Å². The van der Waals surface area contributed by atoms with Crippen LogP contribution in [-0.4, -0.2) is 0 Å². The van der Waals surface area contributed by atoms with Crippen molar-refractivity contribution in [3.63, 3.8) is 0 Å². The van der Waals surface area contributed by atoms with Crippen molar-refractivity contribution < 1.29 is 18.9 Å². The maximum Gasteiger partial charge on any atom is 1.00 e. The molecule has 8 heavy (non-hydrogen) atoms. The molecule has 0 aromatic rings. The van der Waals surface area contributed by atoms with Crippen molar-refractivity contribution >= 4 is 0 Å². The molecule has 0 heterocycles. The van der Waals surface area contributed by atoms with E-state index in [0.29, 0.717) is 0 Å². The van der Waals surface area contributed by atoms with E-state index >= 15 is 0 Å². The van der Waals surface area contributed by atoms with Crippen molar-refractivity contribution in [2.24, 2.45) is 5.92 Å². The second kappa shape index (κ2) is 2.29. The molecule has 0 spiro atoms. The third-order valence-corrected chi connectivity index (χ3v) is 2.16. The number of hydrogen-bond acceptors (Lipinski definition) is 0. The molecule has 2 rings (SSSR count). The zero-order valence-corrected chi connectivity index (χ0v) is 5.48. The summed E-state index contributed by atoms with van der Waals surface area (Å²) in [6.45, 7) is 0. The average Bonchev–Trinajstić information content (AvgIpc) is 2.22. The molecule has 0 amide bonds. The first-order chi connectivity index (χ1) is 3.45. The average molecular weight is 101 g/mol. The Kier molecular flexibility index (Phi) is 1.85. The van der Waals surface area contributed by atoms with E-state index in [0.717, 1.165) is 5.92 Å². The Morgan fingerprint density at radius 3 is 2.50 bits per heavy atom. The number of rotatable bonds is 0. The van der Waals surface area contributed by atoms with E-state index in [1.54, 1.807) is 5.57 Å². The molecule has 0 N–H and O–H groups in total.